The summed E-state index contributed by atoms with van der Waals surface area (Å²) in [5.74, 6) is 0.427. The largest absolute Gasteiger partial charge is 0.338 e. The number of nitrogens with one attached hydrogen (secondary N) is 3. The van der Waals surface area contributed by atoms with Crippen molar-refractivity contribution in [2.24, 2.45) is 5.92 Å². The lowest BCUT2D eigenvalue weighted by atomic mass is 9.97. The number of likely N-dealkylation sites (tertiary alicyclic amines) is 1. The SMILES string of the molecule is CCNC(=O)NC[C@@H]1CCCN(Cc2cc3ccccc3[nH]c2=O)C1. The molecule has 1 aliphatic heterocycles. The van der Waals surface area contributed by atoms with E-state index >= 15 is 0 Å². The lowest BCUT2D eigenvalue weighted by Gasteiger charge is -2.32. The molecule has 0 saturated carbocycles. The number of hydrogen-bond donors (Lipinski definition) is 3. The second-order valence-electron chi connectivity index (χ2n) is 6.69. The number of carbonyl (C=O) groups excluding carboxylic acids is 1. The van der Waals surface area contributed by atoms with Crippen LogP contribution in [0.25, 0.3) is 10.9 Å². The molecule has 0 spiro atoms. The number of urea groups is 1. The molecular formula is C19H26N4O2. The van der Waals surface area contributed by atoms with E-state index in [1.807, 2.05) is 37.3 Å². The average molecular weight is 342 g/mol. The third-order valence-electron chi connectivity index (χ3n) is 4.72. The molecular weight excluding hydrogens is 316 g/mol. The van der Waals surface area contributed by atoms with Gasteiger partial charge in [-0.2, -0.15) is 0 Å². The van der Waals surface area contributed by atoms with Crippen molar-refractivity contribution in [3.63, 3.8) is 0 Å². The second kappa shape index (κ2) is 8.16. The van der Waals surface area contributed by atoms with Gasteiger partial charge < -0.3 is 15.6 Å². The topological polar surface area (TPSA) is 77.2 Å². The molecule has 0 radical (unpaired) electrons. The molecule has 0 unspecified atom stereocenters. The number of benzene rings is 1. The quantitative estimate of drug-likeness (QED) is 0.778. The predicted molar refractivity (Wildman–Crippen MR) is 99.6 cm³/mol. The number of pyridine rings is 1. The highest BCUT2D eigenvalue weighted by Crippen LogP contribution is 2.18. The van der Waals surface area contributed by atoms with Crippen LogP contribution in [0.15, 0.2) is 35.1 Å². The molecule has 1 aromatic heterocycles. The molecule has 1 aromatic carbocycles. The van der Waals surface area contributed by atoms with Gasteiger partial charge in [0, 0.05) is 37.3 Å². The minimum absolute atomic E-state index is 0.0127. The Morgan fingerprint density at radius 3 is 3.00 bits per heavy atom. The minimum atomic E-state index is -0.106. The van der Waals surface area contributed by atoms with Crippen molar-refractivity contribution in [2.45, 2.75) is 26.3 Å². The number of aromatic nitrogens is 1. The first-order chi connectivity index (χ1) is 12.2. The van der Waals surface area contributed by atoms with Gasteiger partial charge in [-0.25, -0.2) is 4.79 Å². The molecule has 1 saturated heterocycles. The number of nitrogens with zero attached hydrogens (tertiary/aromatic N) is 1. The minimum Gasteiger partial charge on any atom is -0.338 e. The van der Waals surface area contributed by atoms with Gasteiger partial charge in [0.1, 0.15) is 0 Å². The first-order valence-electron chi connectivity index (χ1n) is 9.00. The molecule has 0 aliphatic carbocycles. The highest BCUT2D eigenvalue weighted by molar-refractivity contribution is 5.78. The zero-order chi connectivity index (χ0) is 17.6. The maximum absolute atomic E-state index is 12.3. The zero-order valence-electron chi connectivity index (χ0n) is 14.7. The molecule has 0 bridgehead atoms. The van der Waals surface area contributed by atoms with Gasteiger partial charge in [0.05, 0.1) is 0 Å². The van der Waals surface area contributed by atoms with E-state index < -0.39 is 0 Å². The normalized spacial score (nSPS) is 18.2. The van der Waals surface area contributed by atoms with E-state index in [0.29, 0.717) is 25.6 Å². The molecule has 25 heavy (non-hydrogen) atoms. The van der Waals surface area contributed by atoms with Gasteiger partial charge in [-0.3, -0.25) is 9.69 Å². The lowest BCUT2D eigenvalue weighted by Crippen LogP contribution is -2.43. The Bertz CT molecular complexity index is 786. The van der Waals surface area contributed by atoms with Gasteiger partial charge in [-0.05, 0) is 49.7 Å². The predicted octanol–water partition coefficient (Wildman–Crippen LogP) is 2.06. The van der Waals surface area contributed by atoms with Crippen LogP contribution in [0.3, 0.4) is 0 Å². The summed E-state index contributed by atoms with van der Waals surface area (Å²) in [7, 11) is 0. The number of rotatable bonds is 5. The molecule has 6 nitrogen and oxygen atoms in total. The van der Waals surface area contributed by atoms with Crippen molar-refractivity contribution in [1.29, 1.82) is 0 Å². The van der Waals surface area contributed by atoms with Crippen LogP contribution in [-0.2, 0) is 6.54 Å². The van der Waals surface area contributed by atoms with E-state index in [1.165, 1.54) is 0 Å². The van der Waals surface area contributed by atoms with Crippen molar-refractivity contribution in [1.82, 2.24) is 20.5 Å². The molecule has 2 aromatic rings. The third-order valence-corrected chi connectivity index (χ3v) is 4.72. The number of para-hydroxylation sites is 1. The fourth-order valence-electron chi connectivity index (χ4n) is 3.47. The van der Waals surface area contributed by atoms with Crippen LogP contribution in [-0.4, -0.2) is 42.1 Å². The van der Waals surface area contributed by atoms with Crippen LogP contribution < -0.4 is 16.2 Å². The van der Waals surface area contributed by atoms with Gasteiger partial charge in [0.15, 0.2) is 0 Å². The summed E-state index contributed by atoms with van der Waals surface area (Å²) in [5, 5.41) is 6.74. The number of H-pyrrole nitrogens is 1. The highest BCUT2D eigenvalue weighted by atomic mass is 16.2. The molecule has 1 aliphatic rings. The molecule has 134 valence electrons. The summed E-state index contributed by atoms with van der Waals surface area (Å²) in [6, 6.07) is 9.73. The first kappa shape index (κ1) is 17.5. The van der Waals surface area contributed by atoms with Gasteiger partial charge in [0.25, 0.3) is 5.56 Å². The summed E-state index contributed by atoms with van der Waals surface area (Å²) < 4.78 is 0. The smallest absolute Gasteiger partial charge is 0.314 e. The van der Waals surface area contributed by atoms with E-state index in [9.17, 15) is 9.59 Å². The van der Waals surface area contributed by atoms with Crippen molar-refractivity contribution in [3.8, 4) is 0 Å². The van der Waals surface area contributed by atoms with Crippen LogP contribution in [0, 0.1) is 5.92 Å². The summed E-state index contributed by atoms with van der Waals surface area (Å²) in [6.07, 6.45) is 2.20. The molecule has 1 fully saturated rings. The fourth-order valence-corrected chi connectivity index (χ4v) is 3.47. The van der Waals surface area contributed by atoms with E-state index in [2.05, 4.69) is 20.5 Å². The van der Waals surface area contributed by atoms with Crippen LogP contribution in [0.2, 0.25) is 0 Å². The Morgan fingerprint density at radius 2 is 2.16 bits per heavy atom. The average Bonchev–Trinajstić information content (AvgIpc) is 2.61. The van der Waals surface area contributed by atoms with Gasteiger partial charge in [0.2, 0.25) is 0 Å². The molecule has 1 atom stereocenters. The van der Waals surface area contributed by atoms with Gasteiger partial charge in [-0.15, -0.1) is 0 Å². The molecule has 2 amide bonds. The first-order valence-corrected chi connectivity index (χ1v) is 9.00. The van der Waals surface area contributed by atoms with Crippen LogP contribution in [0.5, 0.6) is 0 Å². The van der Waals surface area contributed by atoms with E-state index in [0.717, 1.165) is 42.4 Å². The maximum atomic E-state index is 12.3. The third kappa shape index (κ3) is 4.60. The second-order valence-corrected chi connectivity index (χ2v) is 6.69. The van der Waals surface area contributed by atoms with Crippen molar-refractivity contribution in [3.05, 3.63) is 46.2 Å². The Labute approximate surface area is 147 Å². The van der Waals surface area contributed by atoms with Crippen LogP contribution >= 0.6 is 0 Å². The number of aromatic amines is 1. The maximum Gasteiger partial charge on any atom is 0.314 e. The number of hydrogen-bond acceptors (Lipinski definition) is 3. The van der Waals surface area contributed by atoms with Crippen molar-refractivity contribution < 1.29 is 4.79 Å². The zero-order valence-corrected chi connectivity index (χ0v) is 14.7. The highest BCUT2D eigenvalue weighted by Gasteiger charge is 2.21. The number of fused-ring (bicyclic) bond motifs is 1. The number of piperidine rings is 1. The number of amides is 2. The Balaban J connectivity index is 1.62. The summed E-state index contributed by atoms with van der Waals surface area (Å²) in [4.78, 5) is 29.2. The Morgan fingerprint density at radius 1 is 1.32 bits per heavy atom. The fraction of sp³-hybridized carbons (Fsp3) is 0.474. The Hall–Kier alpha value is -2.34. The molecule has 6 heteroatoms. The van der Waals surface area contributed by atoms with Crippen LogP contribution in [0.4, 0.5) is 4.79 Å². The van der Waals surface area contributed by atoms with Crippen LogP contribution in [0.1, 0.15) is 25.3 Å². The lowest BCUT2D eigenvalue weighted by molar-refractivity contribution is 0.164. The molecule has 3 rings (SSSR count). The van der Waals surface area contributed by atoms with Gasteiger partial charge in [-0.1, -0.05) is 18.2 Å². The summed E-state index contributed by atoms with van der Waals surface area (Å²) in [6.45, 7) is 5.76. The number of carbonyl (C=O) groups is 1. The summed E-state index contributed by atoms with van der Waals surface area (Å²) >= 11 is 0. The van der Waals surface area contributed by atoms with Gasteiger partial charge >= 0.3 is 6.03 Å². The van der Waals surface area contributed by atoms with Crippen molar-refractivity contribution >= 4 is 16.9 Å². The Kier molecular flexibility index (Phi) is 5.71. The van der Waals surface area contributed by atoms with E-state index in [1.54, 1.807) is 0 Å². The van der Waals surface area contributed by atoms with E-state index in [4.69, 9.17) is 0 Å². The van der Waals surface area contributed by atoms with E-state index in [-0.39, 0.29) is 11.6 Å². The standard InChI is InChI=1S/C19H26N4O2/c1-2-20-19(25)21-11-14-6-5-9-23(12-14)13-16-10-15-7-3-4-8-17(15)22-18(16)24/h3-4,7-8,10,14H,2,5-6,9,11-13H2,1H3,(H,22,24)(H2,20,21,25)/t14-/m0/s1. The summed E-state index contributed by atoms with van der Waals surface area (Å²) in [5.41, 5.74) is 1.66. The molecule has 2 heterocycles. The van der Waals surface area contributed by atoms with Crippen molar-refractivity contribution in [2.75, 3.05) is 26.2 Å². The molecule has 3 N–H and O–H groups in total. The monoisotopic (exact) mass is 342 g/mol.